The lowest BCUT2D eigenvalue weighted by atomic mass is 9.96. The number of nitrogens with one attached hydrogen (secondary N) is 2. The maximum atomic E-state index is 11.9. The average Bonchev–Trinajstić information content (AvgIpc) is 3.19. The number of rotatable bonds is 9. The number of nitrogens with zero attached hydrogens (tertiary/aromatic N) is 1. The van der Waals surface area contributed by atoms with Gasteiger partial charge in [0.25, 0.3) is 0 Å². The number of carboxylic acid groups (broad SMARTS) is 1. The molecule has 0 bridgehead atoms. The van der Waals surface area contributed by atoms with Gasteiger partial charge in [0, 0.05) is 13.1 Å². The van der Waals surface area contributed by atoms with E-state index in [1.54, 1.807) is 6.92 Å². The molecule has 1 aliphatic rings. The summed E-state index contributed by atoms with van der Waals surface area (Å²) >= 11 is 0. The summed E-state index contributed by atoms with van der Waals surface area (Å²) in [4.78, 5) is 36.1. The molecule has 1 saturated carbocycles. The summed E-state index contributed by atoms with van der Waals surface area (Å²) in [5, 5.41) is 14.8. The molecule has 3 N–H and O–H groups in total. The molecule has 1 fully saturated rings. The molecule has 0 saturated heterocycles. The van der Waals surface area contributed by atoms with Crippen LogP contribution in [0.15, 0.2) is 0 Å². The molecule has 1 aliphatic carbocycles. The topological polar surface area (TPSA) is 98.7 Å². The lowest BCUT2D eigenvalue weighted by Gasteiger charge is -2.27. The second kappa shape index (κ2) is 7.40. The quantitative estimate of drug-likeness (QED) is 0.555. The van der Waals surface area contributed by atoms with Gasteiger partial charge in [-0.25, -0.2) is 0 Å². The molecule has 2 amide bonds. The van der Waals surface area contributed by atoms with Crippen LogP contribution in [-0.2, 0) is 14.4 Å². The minimum absolute atomic E-state index is 0.00538. The number of likely N-dealkylation sites (N-methyl/N-ethyl adjacent to an activating group) is 1. The van der Waals surface area contributed by atoms with E-state index in [4.69, 9.17) is 0 Å². The summed E-state index contributed by atoms with van der Waals surface area (Å²) in [5.41, 5.74) is -1.12. The molecule has 1 unspecified atom stereocenters. The fourth-order valence-corrected chi connectivity index (χ4v) is 1.98. The van der Waals surface area contributed by atoms with E-state index in [1.165, 1.54) is 11.9 Å². The van der Waals surface area contributed by atoms with Crippen LogP contribution < -0.4 is 10.6 Å². The van der Waals surface area contributed by atoms with Crippen LogP contribution in [0.5, 0.6) is 0 Å². The normalized spacial score (nSPS) is 16.9. The molecule has 0 aromatic heterocycles. The van der Waals surface area contributed by atoms with Crippen LogP contribution in [-0.4, -0.2) is 59.5 Å². The standard InChI is InChI=1S/C14H25N3O4/c1-4-7-14(2,13(20)21)15-8-12(19)17(3)9-11(18)16-10-5-6-10/h10,15H,4-9H2,1-3H3,(H,16,18)(H,20,21). The van der Waals surface area contributed by atoms with Crippen molar-refractivity contribution >= 4 is 17.8 Å². The van der Waals surface area contributed by atoms with Gasteiger partial charge in [-0.15, -0.1) is 0 Å². The van der Waals surface area contributed by atoms with Crippen LogP contribution in [0.1, 0.15) is 39.5 Å². The summed E-state index contributed by atoms with van der Waals surface area (Å²) < 4.78 is 0. The van der Waals surface area contributed by atoms with Crippen LogP contribution in [0, 0.1) is 0 Å². The Bertz CT molecular complexity index is 409. The first kappa shape index (κ1) is 17.4. The van der Waals surface area contributed by atoms with E-state index in [0.717, 1.165) is 12.8 Å². The highest BCUT2D eigenvalue weighted by molar-refractivity contribution is 5.86. The molecular weight excluding hydrogens is 274 g/mol. The number of amides is 2. The van der Waals surface area contributed by atoms with Gasteiger partial charge in [0.05, 0.1) is 13.1 Å². The second-order valence-electron chi connectivity index (χ2n) is 5.83. The summed E-state index contributed by atoms with van der Waals surface area (Å²) in [7, 11) is 1.54. The first-order chi connectivity index (χ1) is 9.78. The fraction of sp³-hybridized carbons (Fsp3) is 0.786. The van der Waals surface area contributed by atoms with Crippen LogP contribution in [0.4, 0.5) is 0 Å². The Morgan fingerprint density at radius 1 is 1.33 bits per heavy atom. The highest BCUT2D eigenvalue weighted by Gasteiger charge is 2.32. The Balaban J connectivity index is 2.39. The predicted octanol–water partition coefficient (Wildman–Crippen LogP) is -0.0436. The van der Waals surface area contributed by atoms with Gasteiger partial charge in [-0.2, -0.15) is 0 Å². The molecule has 1 atom stereocenters. The summed E-state index contributed by atoms with van der Waals surface area (Å²) in [6.07, 6.45) is 3.13. The third-order valence-corrected chi connectivity index (χ3v) is 3.60. The Morgan fingerprint density at radius 2 is 1.95 bits per heavy atom. The van der Waals surface area contributed by atoms with Gasteiger partial charge < -0.3 is 15.3 Å². The monoisotopic (exact) mass is 299 g/mol. The number of hydrogen-bond acceptors (Lipinski definition) is 4. The smallest absolute Gasteiger partial charge is 0.323 e. The molecule has 0 aliphatic heterocycles. The van der Waals surface area contributed by atoms with Gasteiger partial charge >= 0.3 is 5.97 Å². The van der Waals surface area contributed by atoms with Crippen molar-refractivity contribution in [2.75, 3.05) is 20.1 Å². The van der Waals surface area contributed by atoms with E-state index in [2.05, 4.69) is 10.6 Å². The molecule has 7 heteroatoms. The lowest BCUT2D eigenvalue weighted by molar-refractivity contribution is -0.145. The number of carbonyl (C=O) groups is 3. The highest BCUT2D eigenvalue weighted by Crippen LogP contribution is 2.18. The molecule has 7 nitrogen and oxygen atoms in total. The molecule has 0 spiro atoms. The Hall–Kier alpha value is -1.63. The Morgan fingerprint density at radius 3 is 2.43 bits per heavy atom. The van der Waals surface area contributed by atoms with Crippen molar-refractivity contribution in [1.82, 2.24) is 15.5 Å². The van der Waals surface area contributed by atoms with E-state index >= 15 is 0 Å². The fourth-order valence-electron chi connectivity index (χ4n) is 1.98. The maximum Gasteiger partial charge on any atom is 0.323 e. The largest absolute Gasteiger partial charge is 0.480 e. The Kier molecular flexibility index (Phi) is 6.14. The zero-order chi connectivity index (χ0) is 16.0. The molecule has 0 heterocycles. The van der Waals surface area contributed by atoms with Crippen LogP contribution in [0.2, 0.25) is 0 Å². The molecule has 120 valence electrons. The minimum Gasteiger partial charge on any atom is -0.480 e. The SMILES string of the molecule is CCCC(C)(NCC(=O)N(C)CC(=O)NC1CC1)C(=O)O. The number of aliphatic carboxylic acids is 1. The van der Waals surface area contributed by atoms with Gasteiger partial charge in [-0.1, -0.05) is 13.3 Å². The van der Waals surface area contributed by atoms with Gasteiger partial charge in [0.2, 0.25) is 11.8 Å². The maximum absolute atomic E-state index is 11.9. The third kappa shape index (κ3) is 5.71. The van der Waals surface area contributed by atoms with Gasteiger partial charge in [0.1, 0.15) is 5.54 Å². The predicted molar refractivity (Wildman–Crippen MR) is 77.8 cm³/mol. The molecule has 0 radical (unpaired) electrons. The van der Waals surface area contributed by atoms with E-state index in [-0.39, 0.29) is 30.9 Å². The number of carbonyl (C=O) groups excluding carboxylic acids is 2. The second-order valence-corrected chi connectivity index (χ2v) is 5.83. The van der Waals surface area contributed by atoms with Gasteiger partial charge in [-0.05, 0) is 26.2 Å². The zero-order valence-corrected chi connectivity index (χ0v) is 12.9. The van der Waals surface area contributed by atoms with Crippen molar-refractivity contribution < 1.29 is 19.5 Å². The highest BCUT2D eigenvalue weighted by atomic mass is 16.4. The number of carboxylic acids is 1. The lowest BCUT2D eigenvalue weighted by Crippen LogP contribution is -2.53. The molecular formula is C14H25N3O4. The minimum atomic E-state index is -1.12. The van der Waals surface area contributed by atoms with E-state index in [0.29, 0.717) is 12.8 Å². The summed E-state index contributed by atoms with van der Waals surface area (Å²) in [5.74, 6) is -1.46. The number of hydrogen-bond donors (Lipinski definition) is 3. The zero-order valence-electron chi connectivity index (χ0n) is 12.9. The van der Waals surface area contributed by atoms with E-state index in [9.17, 15) is 19.5 Å². The van der Waals surface area contributed by atoms with Crippen molar-refractivity contribution in [3.63, 3.8) is 0 Å². The van der Waals surface area contributed by atoms with E-state index < -0.39 is 11.5 Å². The van der Waals surface area contributed by atoms with Gasteiger partial charge in [0.15, 0.2) is 0 Å². The van der Waals surface area contributed by atoms with Crippen LogP contribution in [0.3, 0.4) is 0 Å². The molecule has 21 heavy (non-hydrogen) atoms. The molecule has 0 aromatic carbocycles. The van der Waals surface area contributed by atoms with Crippen molar-refractivity contribution in [2.45, 2.75) is 51.1 Å². The summed E-state index contributed by atoms with van der Waals surface area (Å²) in [6.45, 7) is 3.34. The van der Waals surface area contributed by atoms with Crippen LogP contribution in [0.25, 0.3) is 0 Å². The van der Waals surface area contributed by atoms with Crippen molar-refractivity contribution in [1.29, 1.82) is 0 Å². The molecule has 1 rings (SSSR count). The average molecular weight is 299 g/mol. The first-order valence-corrected chi connectivity index (χ1v) is 7.30. The third-order valence-electron chi connectivity index (χ3n) is 3.60. The van der Waals surface area contributed by atoms with Crippen molar-refractivity contribution in [3.05, 3.63) is 0 Å². The van der Waals surface area contributed by atoms with Crippen LogP contribution >= 0.6 is 0 Å². The molecule has 0 aromatic rings. The summed E-state index contributed by atoms with van der Waals surface area (Å²) in [6, 6.07) is 0.263. The van der Waals surface area contributed by atoms with Crippen molar-refractivity contribution in [3.8, 4) is 0 Å². The first-order valence-electron chi connectivity index (χ1n) is 7.30. The van der Waals surface area contributed by atoms with Crippen molar-refractivity contribution in [2.24, 2.45) is 0 Å². The Labute approximate surface area is 125 Å². The van der Waals surface area contributed by atoms with E-state index in [1.807, 2.05) is 6.92 Å². The van der Waals surface area contributed by atoms with Gasteiger partial charge in [-0.3, -0.25) is 19.7 Å².